The van der Waals surface area contributed by atoms with Gasteiger partial charge in [0, 0.05) is 30.9 Å². The molecule has 10 nitrogen and oxygen atoms in total. The minimum Gasteiger partial charge on any atom is -0.341 e. The molecule has 30 heavy (non-hydrogen) atoms. The molecule has 2 heterocycles. The number of nitro groups is 1. The number of hydrogen-bond donors (Lipinski definition) is 2. The maximum atomic E-state index is 10.8. The molecular weight excluding hydrogens is 384 g/mol. The van der Waals surface area contributed by atoms with E-state index in [4.69, 9.17) is 0 Å². The maximum absolute atomic E-state index is 10.8. The smallest absolute Gasteiger partial charge is 0.269 e. The fourth-order valence-electron chi connectivity index (χ4n) is 3.03. The average molecular weight is 404 g/mol. The maximum Gasteiger partial charge on any atom is 0.269 e. The number of rotatable bonds is 7. The standard InChI is InChI=1S/C20H20N8O2/c29-28(30)17-10-8-16(9-11-17)22-18-23-19(25-20(24-18)27-12-4-5-13-27)26-21-14-15-6-2-1-3-7-15/h1-3,6-11,14H,4-5,12-13H2,(H2,22,23,24,25,26). The van der Waals surface area contributed by atoms with Crippen LogP contribution in [0, 0.1) is 10.1 Å². The molecule has 2 aromatic carbocycles. The molecule has 0 atom stereocenters. The Morgan fingerprint density at radius 2 is 1.67 bits per heavy atom. The Bertz CT molecular complexity index is 1030. The van der Waals surface area contributed by atoms with Crippen LogP contribution in [0.5, 0.6) is 0 Å². The van der Waals surface area contributed by atoms with Crippen molar-refractivity contribution >= 4 is 35.4 Å². The normalized spacial score (nSPS) is 13.5. The van der Waals surface area contributed by atoms with Gasteiger partial charge in [-0.3, -0.25) is 10.1 Å². The van der Waals surface area contributed by atoms with Crippen LogP contribution >= 0.6 is 0 Å². The number of hydrazone groups is 1. The van der Waals surface area contributed by atoms with Crippen molar-refractivity contribution < 1.29 is 4.92 Å². The highest BCUT2D eigenvalue weighted by Gasteiger charge is 2.17. The third-order valence-electron chi connectivity index (χ3n) is 4.52. The van der Waals surface area contributed by atoms with Gasteiger partial charge in [-0.15, -0.1) is 0 Å². The lowest BCUT2D eigenvalue weighted by Crippen LogP contribution is -2.21. The van der Waals surface area contributed by atoms with Gasteiger partial charge in [-0.2, -0.15) is 20.1 Å². The van der Waals surface area contributed by atoms with Crippen LogP contribution in [0.2, 0.25) is 0 Å². The van der Waals surface area contributed by atoms with Crippen LogP contribution in [0.1, 0.15) is 18.4 Å². The lowest BCUT2D eigenvalue weighted by atomic mass is 10.2. The predicted molar refractivity (Wildman–Crippen MR) is 115 cm³/mol. The van der Waals surface area contributed by atoms with E-state index >= 15 is 0 Å². The van der Waals surface area contributed by atoms with Gasteiger partial charge in [-0.25, -0.2) is 5.43 Å². The molecule has 1 aliphatic heterocycles. The molecule has 0 amide bonds. The zero-order valence-corrected chi connectivity index (χ0v) is 16.1. The number of nitrogens with one attached hydrogen (secondary N) is 2. The first-order valence-electron chi connectivity index (χ1n) is 9.54. The Hall–Kier alpha value is -4.08. The number of anilines is 4. The predicted octanol–water partition coefficient (Wildman–Crippen LogP) is 3.57. The van der Waals surface area contributed by atoms with Crippen molar-refractivity contribution in [2.75, 3.05) is 28.7 Å². The average Bonchev–Trinajstić information content (AvgIpc) is 3.30. The molecule has 0 aliphatic carbocycles. The van der Waals surface area contributed by atoms with E-state index in [9.17, 15) is 10.1 Å². The van der Waals surface area contributed by atoms with Crippen LogP contribution < -0.4 is 15.6 Å². The van der Waals surface area contributed by atoms with Crippen molar-refractivity contribution in [2.24, 2.45) is 5.10 Å². The summed E-state index contributed by atoms with van der Waals surface area (Å²) in [5.74, 6) is 1.20. The molecule has 0 radical (unpaired) electrons. The summed E-state index contributed by atoms with van der Waals surface area (Å²) in [5.41, 5.74) is 4.46. The molecule has 1 aromatic heterocycles. The first-order valence-corrected chi connectivity index (χ1v) is 9.54. The highest BCUT2D eigenvalue weighted by Crippen LogP contribution is 2.22. The monoisotopic (exact) mass is 404 g/mol. The van der Waals surface area contributed by atoms with Crippen LogP contribution in [0.4, 0.5) is 29.2 Å². The number of nitrogens with zero attached hydrogens (tertiary/aromatic N) is 6. The topological polar surface area (TPSA) is 121 Å². The molecule has 3 aromatic rings. The van der Waals surface area contributed by atoms with Crippen LogP contribution in [0.3, 0.4) is 0 Å². The second-order valence-electron chi connectivity index (χ2n) is 6.69. The number of aromatic nitrogens is 3. The molecule has 10 heteroatoms. The van der Waals surface area contributed by atoms with Crippen molar-refractivity contribution in [3.63, 3.8) is 0 Å². The highest BCUT2D eigenvalue weighted by molar-refractivity contribution is 5.79. The Labute approximate surface area is 172 Å². The van der Waals surface area contributed by atoms with Crippen LogP contribution in [-0.2, 0) is 0 Å². The number of nitro benzene ring substituents is 1. The first-order chi connectivity index (χ1) is 14.7. The lowest BCUT2D eigenvalue weighted by molar-refractivity contribution is -0.384. The summed E-state index contributed by atoms with van der Waals surface area (Å²) in [6, 6.07) is 15.8. The van der Waals surface area contributed by atoms with Gasteiger partial charge in [-0.1, -0.05) is 30.3 Å². The van der Waals surface area contributed by atoms with E-state index < -0.39 is 4.92 Å². The molecule has 0 bridgehead atoms. The van der Waals surface area contributed by atoms with Gasteiger partial charge < -0.3 is 10.2 Å². The van der Waals surface area contributed by atoms with Gasteiger partial charge in [0.05, 0.1) is 11.1 Å². The summed E-state index contributed by atoms with van der Waals surface area (Å²) >= 11 is 0. The Morgan fingerprint density at radius 3 is 2.37 bits per heavy atom. The van der Waals surface area contributed by atoms with Gasteiger partial charge in [0.15, 0.2) is 0 Å². The Balaban J connectivity index is 1.55. The Morgan fingerprint density at radius 1 is 0.967 bits per heavy atom. The van der Waals surface area contributed by atoms with Gasteiger partial charge in [0.1, 0.15) is 0 Å². The zero-order valence-electron chi connectivity index (χ0n) is 16.1. The molecule has 2 N–H and O–H groups in total. The minimum atomic E-state index is -0.440. The van der Waals surface area contributed by atoms with E-state index in [2.05, 4.69) is 35.7 Å². The van der Waals surface area contributed by atoms with E-state index in [1.807, 2.05) is 30.3 Å². The molecule has 1 saturated heterocycles. The summed E-state index contributed by atoms with van der Waals surface area (Å²) in [5, 5.41) is 18.1. The summed E-state index contributed by atoms with van der Waals surface area (Å²) in [6.45, 7) is 1.77. The van der Waals surface area contributed by atoms with Crippen molar-refractivity contribution in [1.82, 2.24) is 15.0 Å². The van der Waals surface area contributed by atoms with Gasteiger partial charge >= 0.3 is 0 Å². The van der Waals surface area contributed by atoms with Crippen molar-refractivity contribution in [1.29, 1.82) is 0 Å². The fraction of sp³-hybridized carbons (Fsp3) is 0.200. The highest BCUT2D eigenvalue weighted by atomic mass is 16.6. The number of hydrogen-bond acceptors (Lipinski definition) is 9. The van der Waals surface area contributed by atoms with E-state index in [0.29, 0.717) is 23.5 Å². The van der Waals surface area contributed by atoms with E-state index in [1.54, 1.807) is 18.3 Å². The van der Waals surface area contributed by atoms with Gasteiger partial charge in [-0.05, 0) is 30.5 Å². The second-order valence-corrected chi connectivity index (χ2v) is 6.69. The van der Waals surface area contributed by atoms with E-state index in [-0.39, 0.29) is 5.69 Å². The second kappa shape index (κ2) is 8.95. The van der Waals surface area contributed by atoms with E-state index in [1.165, 1.54) is 12.1 Å². The summed E-state index contributed by atoms with van der Waals surface area (Å²) in [7, 11) is 0. The molecule has 0 unspecified atom stereocenters. The van der Waals surface area contributed by atoms with Crippen molar-refractivity contribution in [3.05, 3.63) is 70.3 Å². The summed E-state index contributed by atoms with van der Waals surface area (Å²) < 4.78 is 0. The van der Waals surface area contributed by atoms with Gasteiger partial charge in [0.25, 0.3) is 5.69 Å². The molecule has 152 valence electrons. The van der Waals surface area contributed by atoms with Crippen LogP contribution in [0.15, 0.2) is 59.7 Å². The third-order valence-corrected chi connectivity index (χ3v) is 4.52. The fourth-order valence-corrected chi connectivity index (χ4v) is 3.03. The molecule has 0 saturated carbocycles. The molecule has 4 rings (SSSR count). The van der Waals surface area contributed by atoms with Gasteiger partial charge in [0.2, 0.25) is 17.8 Å². The third kappa shape index (κ3) is 4.85. The quantitative estimate of drug-likeness (QED) is 0.348. The van der Waals surface area contributed by atoms with Crippen LogP contribution in [0.25, 0.3) is 0 Å². The van der Waals surface area contributed by atoms with E-state index in [0.717, 1.165) is 31.5 Å². The largest absolute Gasteiger partial charge is 0.341 e. The minimum absolute atomic E-state index is 0.0200. The number of benzene rings is 2. The zero-order chi connectivity index (χ0) is 20.8. The summed E-state index contributed by atoms with van der Waals surface area (Å²) in [4.78, 5) is 25.8. The molecule has 1 fully saturated rings. The SMILES string of the molecule is O=[N+]([O-])c1ccc(Nc2nc(NN=Cc3ccccc3)nc(N3CCCC3)n2)cc1. The lowest BCUT2D eigenvalue weighted by Gasteiger charge is -2.16. The molecular formula is C20H20N8O2. The Kier molecular flexibility index (Phi) is 5.74. The van der Waals surface area contributed by atoms with Crippen molar-refractivity contribution in [3.8, 4) is 0 Å². The summed E-state index contributed by atoms with van der Waals surface area (Å²) in [6.07, 6.45) is 3.86. The number of non-ortho nitro benzene ring substituents is 1. The first kappa shape index (κ1) is 19.2. The molecule has 1 aliphatic rings. The molecule has 0 spiro atoms. The van der Waals surface area contributed by atoms with Crippen LogP contribution in [-0.4, -0.2) is 39.2 Å². The van der Waals surface area contributed by atoms with Crippen molar-refractivity contribution in [2.45, 2.75) is 12.8 Å².